The lowest BCUT2D eigenvalue weighted by Crippen LogP contribution is -2.03. The first-order valence-corrected chi connectivity index (χ1v) is 9.01. The van der Waals surface area contributed by atoms with Gasteiger partial charge in [0.1, 0.15) is 22.5 Å². The standard InChI is InChI=1S/C16H14NO8P/c17-9-5-11(18)13-12(6-9)25-16(15(20)14(13)19)8-1-3-10(4-2-8)24-7-26(21,22)23/h1-6,18,20H,7,17H2,(H2,21,22,23). The molecule has 3 rings (SSSR count). The van der Waals surface area contributed by atoms with E-state index in [1.165, 1.54) is 36.4 Å². The normalized spacial score (nSPS) is 11.6. The van der Waals surface area contributed by atoms with Gasteiger partial charge in [0.25, 0.3) is 0 Å². The second-order valence-electron chi connectivity index (χ2n) is 5.48. The van der Waals surface area contributed by atoms with Crippen LogP contribution in [0.3, 0.4) is 0 Å². The molecule has 0 amide bonds. The van der Waals surface area contributed by atoms with Gasteiger partial charge in [-0.05, 0) is 24.3 Å². The monoisotopic (exact) mass is 379 g/mol. The number of nitrogens with two attached hydrogens (primary N) is 1. The van der Waals surface area contributed by atoms with Gasteiger partial charge in [-0.1, -0.05) is 0 Å². The minimum atomic E-state index is -4.31. The molecule has 0 aliphatic rings. The fourth-order valence-corrected chi connectivity index (χ4v) is 2.68. The van der Waals surface area contributed by atoms with Crippen LogP contribution < -0.4 is 15.9 Å². The molecule has 0 unspecified atom stereocenters. The second kappa shape index (κ2) is 6.38. The molecule has 3 aromatic rings. The number of aromatic hydroxyl groups is 2. The van der Waals surface area contributed by atoms with E-state index in [9.17, 15) is 19.6 Å². The van der Waals surface area contributed by atoms with Crippen LogP contribution in [-0.2, 0) is 4.57 Å². The summed E-state index contributed by atoms with van der Waals surface area (Å²) in [6.45, 7) is 0. The average Bonchev–Trinajstić information content (AvgIpc) is 2.55. The predicted octanol–water partition coefficient (Wildman–Crippen LogP) is 1.97. The van der Waals surface area contributed by atoms with Gasteiger partial charge in [-0.25, -0.2) is 0 Å². The van der Waals surface area contributed by atoms with Crippen molar-refractivity contribution in [2.75, 3.05) is 12.1 Å². The van der Waals surface area contributed by atoms with E-state index in [0.29, 0.717) is 5.56 Å². The summed E-state index contributed by atoms with van der Waals surface area (Å²) >= 11 is 0. The molecule has 1 heterocycles. The summed E-state index contributed by atoms with van der Waals surface area (Å²) in [5.41, 5.74) is 5.30. The maximum atomic E-state index is 12.3. The first-order chi connectivity index (χ1) is 12.2. The van der Waals surface area contributed by atoms with Gasteiger partial charge in [-0.2, -0.15) is 0 Å². The van der Waals surface area contributed by atoms with Gasteiger partial charge in [0.2, 0.25) is 11.2 Å². The number of rotatable bonds is 4. The quantitative estimate of drug-likeness (QED) is 0.337. The molecule has 0 saturated heterocycles. The number of anilines is 1. The third-order valence-corrected chi connectivity index (χ3v) is 3.95. The maximum Gasteiger partial charge on any atom is 0.362 e. The maximum absolute atomic E-state index is 12.3. The summed E-state index contributed by atoms with van der Waals surface area (Å²) in [4.78, 5) is 29.9. The van der Waals surface area contributed by atoms with E-state index in [-0.39, 0.29) is 28.2 Å². The second-order valence-corrected chi connectivity index (χ2v) is 7.07. The number of phenols is 1. The summed E-state index contributed by atoms with van der Waals surface area (Å²) in [7, 11) is -4.31. The molecule has 0 aliphatic heterocycles. The third-order valence-electron chi connectivity index (χ3n) is 3.49. The molecule has 9 nitrogen and oxygen atoms in total. The summed E-state index contributed by atoms with van der Waals surface area (Å²) < 4.78 is 21.3. The van der Waals surface area contributed by atoms with Crippen molar-refractivity contribution < 1.29 is 33.7 Å². The molecule has 1 aromatic heterocycles. The fourth-order valence-electron chi connectivity index (χ4n) is 2.37. The van der Waals surface area contributed by atoms with Gasteiger partial charge in [0.15, 0.2) is 12.1 Å². The van der Waals surface area contributed by atoms with Crippen molar-refractivity contribution >= 4 is 24.3 Å². The van der Waals surface area contributed by atoms with Crippen LogP contribution in [0.15, 0.2) is 45.6 Å². The van der Waals surface area contributed by atoms with Crippen LogP contribution >= 0.6 is 7.60 Å². The Morgan fingerprint density at radius 3 is 2.38 bits per heavy atom. The Morgan fingerprint density at radius 2 is 1.77 bits per heavy atom. The predicted molar refractivity (Wildman–Crippen MR) is 93.2 cm³/mol. The lowest BCUT2D eigenvalue weighted by atomic mass is 10.1. The topological polar surface area (TPSA) is 163 Å². The smallest absolute Gasteiger partial charge is 0.362 e. The van der Waals surface area contributed by atoms with E-state index in [1.54, 1.807) is 0 Å². The molecule has 0 aliphatic carbocycles. The molecule has 0 bridgehead atoms. The molecule has 26 heavy (non-hydrogen) atoms. The van der Waals surface area contributed by atoms with E-state index >= 15 is 0 Å². The number of hydrogen-bond donors (Lipinski definition) is 5. The Labute approximate surface area is 146 Å². The molecule has 136 valence electrons. The highest BCUT2D eigenvalue weighted by Crippen LogP contribution is 2.36. The largest absolute Gasteiger partial charge is 0.507 e. The van der Waals surface area contributed by atoms with Crippen LogP contribution in [0, 0.1) is 0 Å². The van der Waals surface area contributed by atoms with Gasteiger partial charge < -0.3 is 34.9 Å². The molecule has 0 radical (unpaired) electrons. The Balaban J connectivity index is 2.04. The lowest BCUT2D eigenvalue weighted by molar-refractivity contribution is 0.300. The zero-order valence-corrected chi connectivity index (χ0v) is 14.0. The van der Waals surface area contributed by atoms with Gasteiger partial charge >= 0.3 is 7.60 Å². The van der Waals surface area contributed by atoms with Crippen molar-refractivity contribution in [3.63, 3.8) is 0 Å². The van der Waals surface area contributed by atoms with Crippen molar-refractivity contribution in [2.45, 2.75) is 0 Å². The van der Waals surface area contributed by atoms with E-state index in [2.05, 4.69) is 0 Å². The zero-order chi connectivity index (χ0) is 19.1. The third kappa shape index (κ3) is 3.50. The van der Waals surface area contributed by atoms with Crippen LogP contribution in [-0.4, -0.2) is 26.3 Å². The van der Waals surface area contributed by atoms with Gasteiger partial charge in [-0.15, -0.1) is 0 Å². The molecular weight excluding hydrogens is 365 g/mol. The summed E-state index contributed by atoms with van der Waals surface area (Å²) in [6.07, 6.45) is -0.777. The number of phenolic OH excluding ortho intramolecular Hbond substituents is 1. The summed E-state index contributed by atoms with van der Waals surface area (Å²) in [5.74, 6) is -1.06. The SMILES string of the molecule is Nc1cc(O)c2c(=O)c(O)c(-c3ccc(OCP(=O)(O)O)cc3)oc2c1. The number of nitrogen functional groups attached to an aromatic ring is 1. The van der Waals surface area contributed by atoms with E-state index in [0.717, 1.165) is 0 Å². The van der Waals surface area contributed by atoms with Crippen molar-refractivity contribution in [1.29, 1.82) is 0 Å². The van der Waals surface area contributed by atoms with E-state index in [1.807, 2.05) is 0 Å². The van der Waals surface area contributed by atoms with Crippen LogP contribution in [0.2, 0.25) is 0 Å². The van der Waals surface area contributed by atoms with Crippen LogP contribution in [0.1, 0.15) is 0 Å². The minimum absolute atomic E-state index is 0.00197. The van der Waals surface area contributed by atoms with Gasteiger partial charge in [0, 0.05) is 23.4 Å². The highest BCUT2D eigenvalue weighted by atomic mass is 31.2. The number of ether oxygens (including phenoxy) is 1. The van der Waals surface area contributed by atoms with Gasteiger partial charge in [0.05, 0.1) is 0 Å². The Morgan fingerprint density at radius 1 is 1.12 bits per heavy atom. The molecular formula is C16H14NO8P. The van der Waals surface area contributed by atoms with Crippen molar-refractivity contribution in [1.82, 2.24) is 0 Å². The van der Waals surface area contributed by atoms with Crippen molar-refractivity contribution in [2.24, 2.45) is 0 Å². The van der Waals surface area contributed by atoms with Crippen LogP contribution in [0.4, 0.5) is 5.69 Å². The molecule has 0 atom stereocenters. The number of fused-ring (bicyclic) bond motifs is 1. The average molecular weight is 379 g/mol. The Kier molecular flexibility index (Phi) is 4.37. The molecule has 0 fully saturated rings. The van der Waals surface area contributed by atoms with Crippen molar-refractivity contribution in [3.05, 3.63) is 46.6 Å². The van der Waals surface area contributed by atoms with E-state index < -0.39 is 30.9 Å². The molecule has 0 saturated carbocycles. The lowest BCUT2D eigenvalue weighted by Gasteiger charge is -2.10. The molecule has 0 spiro atoms. The van der Waals surface area contributed by atoms with Gasteiger partial charge in [-0.3, -0.25) is 9.36 Å². The van der Waals surface area contributed by atoms with Crippen LogP contribution in [0.5, 0.6) is 17.2 Å². The first-order valence-electron chi connectivity index (χ1n) is 7.22. The van der Waals surface area contributed by atoms with Crippen LogP contribution in [0.25, 0.3) is 22.3 Å². The highest BCUT2D eigenvalue weighted by Gasteiger charge is 2.19. The Hall–Kier alpha value is -3.00. The number of benzene rings is 2. The Bertz CT molecular complexity index is 1080. The number of hydrogen-bond acceptors (Lipinski definition) is 7. The molecule has 2 aromatic carbocycles. The highest BCUT2D eigenvalue weighted by molar-refractivity contribution is 7.51. The first kappa shape index (κ1) is 17.8. The minimum Gasteiger partial charge on any atom is -0.507 e. The summed E-state index contributed by atoms with van der Waals surface area (Å²) in [5, 5.41) is 19.8. The molecule has 10 heteroatoms. The van der Waals surface area contributed by atoms with E-state index in [4.69, 9.17) is 24.7 Å². The van der Waals surface area contributed by atoms with Crippen molar-refractivity contribution in [3.8, 4) is 28.6 Å². The summed E-state index contributed by atoms with van der Waals surface area (Å²) in [6, 6.07) is 8.18. The zero-order valence-electron chi connectivity index (χ0n) is 13.1. The fraction of sp³-hybridized carbons (Fsp3) is 0.0625. The molecule has 6 N–H and O–H groups in total.